The zero-order valence-electron chi connectivity index (χ0n) is 12.2. The van der Waals surface area contributed by atoms with Gasteiger partial charge in [0.05, 0.1) is 4.90 Å². The molecule has 1 aliphatic rings. The third-order valence-corrected chi connectivity index (χ3v) is 5.07. The fourth-order valence-corrected chi connectivity index (χ4v) is 3.23. The highest BCUT2D eigenvalue weighted by Gasteiger charge is 2.26. The molecule has 4 nitrogen and oxygen atoms in total. The average molecular weight is 330 g/mol. The Morgan fingerprint density at radius 2 is 2.05 bits per heavy atom. The Morgan fingerprint density at radius 1 is 1.38 bits per heavy atom. The van der Waals surface area contributed by atoms with Crippen LogP contribution in [0.4, 0.5) is 0 Å². The molecular weight excluding hydrogens is 310 g/mol. The third kappa shape index (κ3) is 4.71. The van der Waals surface area contributed by atoms with E-state index in [2.05, 4.69) is 5.32 Å². The lowest BCUT2D eigenvalue weighted by atomic mass is 10.1. The summed E-state index contributed by atoms with van der Waals surface area (Å²) < 4.78 is 22.9. The lowest BCUT2D eigenvalue weighted by Crippen LogP contribution is -2.34. The standard InChI is InChI=1S/C15H20ClNO3S/c1-3-13(8-11-4-5-11)17-15(18)12-6-10(2)7-14(9-12)21(16,19)20/h6-7,9,11,13H,3-5,8H2,1-2H3,(H,17,18). The van der Waals surface area contributed by atoms with Crippen molar-refractivity contribution in [1.82, 2.24) is 5.32 Å². The summed E-state index contributed by atoms with van der Waals surface area (Å²) in [5, 5.41) is 2.98. The predicted octanol–water partition coefficient (Wildman–Crippen LogP) is 3.23. The molecule has 1 N–H and O–H groups in total. The molecule has 1 atom stereocenters. The third-order valence-electron chi connectivity index (χ3n) is 3.74. The van der Waals surface area contributed by atoms with E-state index in [1.165, 1.54) is 25.0 Å². The number of rotatable bonds is 6. The van der Waals surface area contributed by atoms with Crippen LogP contribution in [0, 0.1) is 12.8 Å². The van der Waals surface area contributed by atoms with Gasteiger partial charge in [0, 0.05) is 22.3 Å². The molecule has 0 heterocycles. The summed E-state index contributed by atoms with van der Waals surface area (Å²) in [6.45, 7) is 3.78. The van der Waals surface area contributed by atoms with Crippen molar-refractivity contribution in [1.29, 1.82) is 0 Å². The predicted molar refractivity (Wildman–Crippen MR) is 83.1 cm³/mol. The van der Waals surface area contributed by atoms with Gasteiger partial charge in [-0.25, -0.2) is 8.42 Å². The molecule has 1 saturated carbocycles. The van der Waals surface area contributed by atoms with Gasteiger partial charge in [0.2, 0.25) is 0 Å². The normalized spacial score (nSPS) is 16.5. The van der Waals surface area contributed by atoms with E-state index in [0.29, 0.717) is 11.1 Å². The first-order chi connectivity index (χ1) is 9.79. The van der Waals surface area contributed by atoms with Gasteiger partial charge >= 0.3 is 0 Å². The molecule has 1 amide bonds. The number of hydrogen-bond acceptors (Lipinski definition) is 3. The van der Waals surface area contributed by atoms with Crippen molar-refractivity contribution in [2.75, 3.05) is 0 Å². The largest absolute Gasteiger partial charge is 0.349 e. The summed E-state index contributed by atoms with van der Waals surface area (Å²) in [4.78, 5) is 12.3. The van der Waals surface area contributed by atoms with Gasteiger partial charge in [-0.05, 0) is 49.4 Å². The SMILES string of the molecule is CCC(CC1CC1)NC(=O)c1cc(C)cc(S(=O)(=O)Cl)c1. The number of hydrogen-bond donors (Lipinski definition) is 1. The summed E-state index contributed by atoms with van der Waals surface area (Å²) in [6, 6.07) is 4.60. The van der Waals surface area contributed by atoms with Gasteiger partial charge in [-0.1, -0.05) is 19.8 Å². The van der Waals surface area contributed by atoms with Gasteiger partial charge in [-0.3, -0.25) is 4.79 Å². The van der Waals surface area contributed by atoms with Crippen LogP contribution in [0.15, 0.2) is 23.1 Å². The lowest BCUT2D eigenvalue weighted by Gasteiger charge is -2.17. The Balaban J connectivity index is 2.16. The van der Waals surface area contributed by atoms with Gasteiger partial charge < -0.3 is 5.32 Å². The number of carbonyl (C=O) groups is 1. The zero-order valence-corrected chi connectivity index (χ0v) is 13.8. The Morgan fingerprint density at radius 3 is 2.57 bits per heavy atom. The van der Waals surface area contributed by atoms with E-state index in [4.69, 9.17) is 10.7 Å². The highest BCUT2D eigenvalue weighted by molar-refractivity contribution is 8.13. The molecule has 0 saturated heterocycles. The molecular formula is C15H20ClNO3S. The van der Waals surface area contributed by atoms with Crippen LogP contribution in [0.1, 0.15) is 48.5 Å². The summed E-state index contributed by atoms with van der Waals surface area (Å²) in [5.74, 6) is 0.485. The molecule has 1 aromatic carbocycles. The summed E-state index contributed by atoms with van der Waals surface area (Å²) in [5.41, 5.74) is 1.03. The lowest BCUT2D eigenvalue weighted by molar-refractivity contribution is 0.0932. The maximum absolute atomic E-state index is 12.3. The second kappa shape index (κ2) is 6.36. The van der Waals surface area contributed by atoms with Crippen molar-refractivity contribution in [3.05, 3.63) is 29.3 Å². The van der Waals surface area contributed by atoms with E-state index >= 15 is 0 Å². The van der Waals surface area contributed by atoms with E-state index in [1.54, 1.807) is 13.0 Å². The van der Waals surface area contributed by atoms with Crippen LogP contribution >= 0.6 is 10.7 Å². The van der Waals surface area contributed by atoms with E-state index in [-0.39, 0.29) is 16.8 Å². The maximum Gasteiger partial charge on any atom is 0.261 e. The van der Waals surface area contributed by atoms with Crippen LogP contribution in [-0.2, 0) is 9.05 Å². The molecule has 0 aliphatic heterocycles. The first kappa shape index (κ1) is 16.3. The quantitative estimate of drug-likeness (QED) is 0.815. The summed E-state index contributed by atoms with van der Waals surface area (Å²) in [6.07, 6.45) is 4.35. The average Bonchev–Trinajstić information content (AvgIpc) is 3.20. The minimum absolute atomic E-state index is 0.0374. The molecule has 0 bridgehead atoms. The Labute approximate surface area is 130 Å². The minimum Gasteiger partial charge on any atom is -0.349 e. The number of amides is 1. The monoisotopic (exact) mass is 329 g/mol. The molecule has 1 unspecified atom stereocenters. The van der Waals surface area contributed by atoms with Crippen LogP contribution in [0.3, 0.4) is 0 Å². The summed E-state index contributed by atoms with van der Waals surface area (Å²) in [7, 11) is 1.53. The molecule has 0 spiro atoms. The molecule has 0 radical (unpaired) electrons. The Hall–Kier alpha value is -1.07. The van der Waals surface area contributed by atoms with Crippen LogP contribution in [0.25, 0.3) is 0 Å². The van der Waals surface area contributed by atoms with Crippen molar-refractivity contribution in [3.8, 4) is 0 Å². The number of aryl methyl sites for hydroxylation is 1. The first-order valence-electron chi connectivity index (χ1n) is 7.16. The summed E-state index contributed by atoms with van der Waals surface area (Å²) >= 11 is 0. The molecule has 116 valence electrons. The van der Waals surface area contributed by atoms with Crippen LogP contribution in [0.2, 0.25) is 0 Å². The van der Waals surface area contributed by atoms with Crippen LogP contribution in [-0.4, -0.2) is 20.4 Å². The molecule has 21 heavy (non-hydrogen) atoms. The number of nitrogens with one attached hydrogen (secondary N) is 1. The molecule has 6 heteroatoms. The smallest absolute Gasteiger partial charge is 0.261 e. The number of benzene rings is 1. The van der Waals surface area contributed by atoms with E-state index in [9.17, 15) is 13.2 Å². The number of carbonyl (C=O) groups excluding carboxylic acids is 1. The van der Waals surface area contributed by atoms with Gasteiger partial charge in [0.25, 0.3) is 15.0 Å². The molecule has 0 aromatic heterocycles. The van der Waals surface area contributed by atoms with Gasteiger partial charge in [0.1, 0.15) is 0 Å². The maximum atomic E-state index is 12.3. The van der Waals surface area contributed by atoms with E-state index in [1.807, 2.05) is 6.92 Å². The van der Waals surface area contributed by atoms with Crippen molar-refractivity contribution in [3.63, 3.8) is 0 Å². The molecule has 2 rings (SSSR count). The zero-order chi connectivity index (χ0) is 15.6. The van der Waals surface area contributed by atoms with E-state index < -0.39 is 9.05 Å². The van der Waals surface area contributed by atoms with Crippen LogP contribution < -0.4 is 5.32 Å². The van der Waals surface area contributed by atoms with Crippen molar-refractivity contribution >= 4 is 25.6 Å². The number of halogens is 1. The molecule has 1 aromatic rings. The molecule has 1 aliphatic carbocycles. The van der Waals surface area contributed by atoms with Gasteiger partial charge in [-0.2, -0.15) is 0 Å². The van der Waals surface area contributed by atoms with E-state index in [0.717, 1.165) is 18.8 Å². The van der Waals surface area contributed by atoms with Crippen molar-refractivity contribution in [2.24, 2.45) is 5.92 Å². The highest BCUT2D eigenvalue weighted by atomic mass is 35.7. The first-order valence-corrected chi connectivity index (χ1v) is 9.47. The minimum atomic E-state index is -3.83. The van der Waals surface area contributed by atoms with Crippen molar-refractivity contribution < 1.29 is 13.2 Å². The fraction of sp³-hybridized carbons (Fsp3) is 0.533. The second-order valence-electron chi connectivity index (χ2n) is 5.73. The van der Waals surface area contributed by atoms with Crippen molar-refractivity contribution in [2.45, 2.75) is 50.5 Å². The Bertz CT molecular complexity index is 638. The highest BCUT2D eigenvalue weighted by Crippen LogP contribution is 2.34. The van der Waals surface area contributed by atoms with Gasteiger partial charge in [0.15, 0.2) is 0 Å². The topological polar surface area (TPSA) is 63.2 Å². The Kier molecular flexibility index (Phi) is 4.94. The second-order valence-corrected chi connectivity index (χ2v) is 8.30. The molecule has 1 fully saturated rings. The van der Waals surface area contributed by atoms with Crippen LogP contribution in [0.5, 0.6) is 0 Å². The van der Waals surface area contributed by atoms with Gasteiger partial charge in [-0.15, -0.1) is 0 Å². The fourth-order valence-electron chi connectivity index (χ4n) is 2.37.